The van der Waals surface area contributed by atoms with Crippen LogP contribution in [0.15, 0.2) is 61.1 Å². The molecule has 0 aliphatic heterocycles. The highest BCUT2D eigenvalue weighted by atomic mass is 16.1. The highest BCUT2D eigenvalue weighted by Gasteiger charge is 2.13. The molecule has 3 rings (SSSR count). The standard InChI is InChI=1S/C17H15N5O/c1-12-16(17(23)21-13-6-3-2-4-7-13)22-15(11-19-12)20-14-8-5-9-18-10-14/h2-11H,1H3,(H,20,22)(H,21,23). The number of carbonyl (C=O) groups is 1. The van der Waals surface area contributed by atoms with Crippen molar-refractivity contribution in [2.24, 2.45) is 0 Å². The summed E-state index contributed by atoms with van der Waals surface area (Å²) in [6, 6.07) is 12.9. The Labute approximate surface area is 133 Å². The number of anilines is 3. The van der Waals surface area contributed by atoms with Gasteiger partial charge in [0, 0.05) is 11.9 Å². The quantitative estimate of drug-likeness (QED) is 0.774. The van der Waals surface area contributed by atoms with Crippen molar-refractivity contribution < 1.29 is 4.79 Å². The van der Waals surface area contributed by atoms with Gasteiger partial charge in [-0.3, -0.25) is 14.8 Å². The van der Waals surface area contributed by atoms with E-state index < -0.39 is 0 Å². The van der Waals surface area contributed by atoms with Crippen LogP contribution < -0.4 is 10.6 Å². The maximum atomic E-state index is 12.4. The van der Waals surface area contributed by atoms with Gasteiger partial charge in [0.1, 0.15) is 5.82 Å². The maximum Gasteiger partial charge on any atom is 0.276 e. The molecule has 0 fully saturated rings. The number of aryl methyl sites for hydroxylation is 1. The number of nitrogens with one attached hydrogen (secondary N) is 2. The fourth-order valence-corrected chi connectivity index (χ4v) is 2.02. The number of amides is 1. The minimum Gasteiger partial charge on any atom is -0.338 e. The molecule has 0 unspecified atom stereocenters. The van der Waals surface area contributed by atoms with Crippen LogP contribution in [0.1, 0.15) is 16.2 Å². The SMILES string of the molecule is Cc1ncc(Nc2cccnc2)nc1C(=O)Nc1ccccc1. The Hall–Kier alpha value is -3.28. The molecule has 0 saturated carbocycles. The predicted octanol–water partition coefficient (Wildman–Crippen LogP) is 3.18. The fourth-order valence-electron chi connectivity index (χ4n) is 2.02. The summed E-state index contributed by atoms with van der Waals surface area (Å²) in [4.78, 5) is 25.0. The van der Waals surface area contributed by atoms with Crippen LogP contribution in [0.4, 0.5) is 17.2 Å². The highest BCUT2D eigenvalue weighted by Crippen LogP contribution is 2.15. The summed E-state index contributed by atoms with van der Waals surface area (Å²) in [5, 5.41) is 5.88. The van der Waals surface area contributed by atoms with Crippen molar-refractivity contribution >= 4 is 23.1 Å². The van der Waals surface area contributed by atoms with E-state index in [-0.39, 0.29) is 11.6 Å². The van der Waals surface area contributed by atoms with Crippen LogP contribution in [0.2, 0.25) is 0 Å². The molecule has 0 bridgehead atoms. The molecular formula is C17H15N5O. The normalized spacial score (nSPS) is 10.1. The van der Waals surface area contributed by atoms with Crippen molar-refractivity contribution in [3.63, 3.8) is 0 Å². The van der Waals surface area contributed by atoms with Crippen molar-refractivity contribution in [1.82, 2.24) is 15.0 Å². The lowest BCUT2D eigenvalue weighted by molar-refractivity contribution is 0.102. The van der Waals surface area contributed by atoms with Gasteiger partial charge in [-0.25, -0.2) is 4.98 Å². The fraction of sp³-hybridized carbons (Fsp3) is 0.0588. The number of nitrogens with zero attached hydrogens (tertiary/aromatic N) is 3. The molecule has 23 heavy (non-hydrogen) atoms. The van der Waals surface area contributed by atoms with Gasteiger partial charge in [0.15, 0.2) is 5.69 Å². The monoisotopic (exact) mass is 305 g/mol. The van der Waals surface area contributed by atoms with E-state index in [1.165, 1.54) is 0 Å². The van der Waals surface area contributed by atoms with Crippen LogP contribution in [-0.4, -0.2) is 20.9 Å². The molecule has 6 nitrogen and oxygen atoms in total. The first-order chi connectivity index (χ1) is 11.2. The summed E-state index contributed by atoms with van der Waals surface area (Å²) in [5.74, 6) is 0.192. The van der Waals surface area contributed by atoms with E-state index >= 15 is 0 Å². The molecule has 2 heterocycles. The molecule has 0 saturated heterocycles. The molecule has 3 aromatic rings. The van der Waals surface area contributed by atoms with Crippen LogP contribution >= 0.6 is 0 Å². The molecule has 0 spiro atoms. The summed E-state index contributed by atoms with van der Waals surface area (Å²) in [5.41, 5.74) is 2.34. The minimum atomic E-state index is -0.295. The number of carbonyl (C=O) groups excluding carboxylic acids is 1. The Morgan fingerprint density at radius 1 is 1.00 bits per heavy atom. The zero-order chi connectivity index (χ0) is 16.1. The molecule has 0 radical (unpaired) electrons. The van der Waals surface area contributed by atoms with Crippen molar-refractivity contribution in [2.75, 3.05) is 10.6 Å². The molecule has 1 amide bonds. The zero-order valence-corrected chi connectivity index (χ0v) is 12.5. The summed E-state index contributed by atoms with van der Waals surface area (Å²) in [6.07, 6.45) is 4.94. The van der Waals surface area contributed by atoms with Crippen LogP contribution in [0, 0.1) is 6.92 Å². The lowest BCUT2D eigenvalue weighted by Gasteiger charge is -2.09. The van der Waals surface area contributed by atoms with Crippen molar-refractivity contribution in [2.45, 2.75) is 6.92 Å². The number of rotatable bonds is 4. The summed E-state index contributed by atoms with van der Waals surface area (Å²) >= 11 is 0. The van der Waals surface area contributed by atoms with E-state index in [9.17, 15) is 4.79 Å². The van der Waals surface area contributed by atoms with Crippen LogP contribution in [0.3, 0.4) is 0 Å². The average molecular weight is 305 g/mol. The van der Waals surface area contributed by atoms with Gasteiger partial charge in [0.2, 0.25) is 0 Å². The van der Waals surface area contributed by atoms with Gasteiger partial charge in [0.05, 0.1) is 23.8 Å². The zero-order valence-electron chi connectivity index (χ0n) is 12.5. The second-order valence-electron chi connectivity index (χ2n) is 4.88. The van der Waals surface area contributed by atoms with Gasteiger partial charge in [-0.2, -0.15) is 0 Å². The first-order valence-corrected chi connectivity index (χ1v) is 7.09. The van der Waals surface area contributed by atoms with E-state index in [1.54, 1.807) is 25.5 Å². The molecule has 2 aromatic heterocycles. The molecule has 0 aliphatic carbocycles. The van der Waals surface area contributed by atoms with Gasteiger partial charge < -0.3 is 10.6 Å². The molecule has 0 atom stereocenters. The van der Waals surface area contributed by atoms with Crippen molar-refractivity contribution in [1.29, 1.82) is 0 Å². The Morgan fingerprint density at radius 2 is 1.78 bits per heavy atom. The highest BCUT2D eigenvalue weighted by molar-refractivity contribution is 6.03. The first-order valence-electron chi connectivity index (χ1n) is 7.09. The molecule has 0 aliphatic rings. The van der Waals surface area contributed by atoms with E-state index in [4.69, 9.17) is 0 Å². The second-order valence-corrected chi connectivity index (χ2v) is 4.88. The smallest absolute Gasteiger partial charge is 0.276 e. The van der Waals surface area contributed by atoms with Gasteiger partial charge in [-0.15, -0.1) is 0 Å². The minimum absolute atomic E-state index is 0.280. The van der Waals surface area contributed by atoms with Gasteiger partial charge >= 0.3 is 0 Å². The molecule has 6 heteroatoms. The summed E-state index contributed by atoms with van der Waals surface area (Å²) < 4.78 is 0. The third-order valence-electron chi connectivity index (χ3n) is 3.14. The number of benzene rings is 1. The van der Waals surface area contributed by atoms with Gasteiger partial charge in [0.25, 0.3) is 5.91 Å². The maximum absolute atomic E-state index is 12.4. The number of pyridine rings is 1. The molecule has 114 valence electrons. The second kappa shape index (κ2) is 6.65. The summed E-state index contributed by atoms with van der Waals surface area (Å²) in [6.45, 7) is 1.75. The number of hydrogen-bond donors (Lipinski definition) is 2. The molecule has 1 aromatic carbocycles. The third kappa shape index (κ3) is 3.68. The predicted molar refractivity (Wildman–Crippen MR) is 88.7 cm³/mol. The summed E-state index contributed by atoms with van der Waals surface area (Å²) in [7, 11) is 0. The lowest BCUT2D eigenvalue weighted by atomic mass is 10.2. The Balaban J connectivity index is 1.81. The Kier molecular flexibility index (Phi) is 4.24. The van der Waals surface area contributed by atoms with Crippen molar-refractivity contribution in [3.8, 4) is 0 Å². The van der Waals surface area contributed by atoms with Gasteiger partial charge in [-0.1, -0.05) is 18.2 Å². The van der Waals surface area contributed by atoms with E-state index in [0.29, 0.717) is 17.2 Å². The Morgan fingerprint density at radius 3 is 2.52 bits per heavy atom. The largest absolute Gasteiger partial charge is 0.338 e. The van der Waals surface area contributed by atoms with E-state index in [0.717, 1.165) is 5.69 Å². The van der Waals surface area contributed by atoms with E-state index in [2.05, 4.69) is 25.6 Å². The van der Waals surface area contributed by atoms with E-state index in [1.807, 2.05) is 42.5 Å². The number of aromatic nitrogens is 3. The van der Waals surface area contributed by atoms with Crippen molar-refractivity contribution in [3.05, 3.63) is 72.4 Å². The topological polar surface area (TPSA) is 79.8 Å². The van der Waals surface area contributed by atoms with Gasteiger partial charge in [-0.05, 0) is 31.2 Å². The first kappa shape index (κ1) is 14.6. The van der Waals surface area contributed by atoms with Crippen LogP contribution in [-0.2, 0) is 0 Å². The van der Waals surface area contributed by atoms with Crippen LogP contribution in [0.5, 0.6) is 0 Å². The molecule has 2 N–H and O–H groups in total. The van der Waals surface area contributed by atoms with Crippen LogP contribution in [0.25, 0.3) is 0 Å². The third-order valence-corrected chi connectivity index (χ3v) is 3.14. The Bertz CT molecular complexity index is 806. The average Bonchev–Trinajstić information content (AvgIpc) is 2.58. The lowest BCUT2D eigenvalue weighted by Crippen LogP contribution is -2.16. The number of hydrogen-bond acceptors (Lipinski definition) is 5. The molecular weight excluding hydrogens is 290 g/mol. The number of para-hydroxylation sites is 1.